The van der Waals surface area contributed by atoms with Crippen LogP contribution in [0.4, 0.5) is 5.69 Å². The normalized spacial score (nSPS) is 16.0. The van der Waals surface area contributed by atoms with Gasteiger partial charge in [-0.05, 0) is 118 Å². The maximum absolute atomic E-state index is 10.4. The number of fused-ring (bicyclic) bond motifs is 1. The minimum atomic E-state index is -0.282. The molecule has 39 heavy (non-hydrogen) atoms. The van der Waals surface area contributed by atoms with Crippen molar-refractivity contribution in [1.82, 2.24) is 0 Å². The number of phenolic OH excluding ortho intramolecular Hbond substituents is 1. The lowest BCUT2D eigenvalue weighted by Crippen LogP contribution is -2.38. The first kappa shape index (κ1) is 30.5. The Morgan fingerprint density at radius 2 is 1.77 bits per heavy atom. The quantitative estimate of drug-likeness (QED) is 0.0883. The molecule has 1 atom stereocenters. The molecule has 0 aromatic heterocycles. The Kier molecular flexibility index (Phi) is 10.4. The molecule has 210 valence electrons. The summed E-state index contributed by atoms with van der Waals surface area (Å²) in [5, 5.41) is 20.5. The Balaban J connectivity index is 0.00000420. The Morgan fingerprint density at radius 1 is 1.08 bits per heavy atom. The van der Waals surface area contributed by atoms with Crippen LogP contribution in [0.25, 0.3) is 0 Å². The summed E-state index contributed by atoms with van der Waals surface area (Å²) in [5.41, 5.74) is 11.2. The monoisotopic (exact) mass is 569 g/mol. The van der Waals surface area contributed by atoms with E-state index in [9.17, 15) is 5.11 Å². The molecule has 8 heteroatoms. The summed E-state index contributed by atoms with van der Waals surface area (Å²) in [6.07, 6.45) is 4.72. The zero-order chi connectivity index (χ0) is 27.3. The molecule has 0 saturated heterocycles. The van der Waals surface area contributed by atoms with E-state index in [2.05, 4.69) is 36.5 Å². The molecule has 1 aliphatic heterocycles. The van der Waals surface area contributed by atoms with Gasteiger partial charge >= 0.3 is 0 Å². The van der Waals surface area contributed by atoms with Gasteiger partial charge in [0.2, 0.25) is 0 Å². The molecule has 1 aliphatic rings. The summed E-state index contributed by atoms with van der Waals surface area (Å²) in [6.45, 7) is 8.72. The molecular formula is C31H40ClN3O3S. The number of rotatable bonds is 10. The Labute approximate surface area is 242 Å². The standard InChI is InChI=1S/C31H39N3O3S.ClH/c1-20-21(2)29-27(22(3)28(20)35)15-16-31(4,37-29)17-18-36-25-11-7-23(8-12-25)6-5-19-38-26-13-9-24(10-14-26)34-30(32)33;/h7-14,35H,5-6,15-19H2,1-4H3,(H4,32,33,34);1H. The lowest BCUT2D eigenvalue weighted by atomic mass is 9.86. The van der Waals surface area contributed by atoms with Crippen molar-refractivity contribution in [2.45, 2.75) is 70.3 Å². The van der Waals surface area contributed by atoms with E-state index in [1.165, 1.54) is 10.5 Å². The van der Waals surface area contributed by atoms with Gasteiger partial charge in [-0.25, -0.2) is 0 Å². The molecule has 1 unspecified atom stereocenters. The molecule has 0 saturated carbocycles. The SMILES string of the molecule is Cc1c(C)c2c(c(C)c1O)CCC(C)(CCOc1ccc(CCCSc3ccc(NC(=N)N)cc3)cc1)O2.Cl. The number of phenols is 1. The summed E-state index contributed by atoms with van der Waals surface area (Å²) in [5.74, 6) is 3.21. The van der Waals surface area contributed by atoms with E-state index in [1.807, 2.05) is 56.8 Å². The smallest absolute Gasteiger partial charge is 0.190 e. The highest BCUT2D eigenvalue weighted by molar-refractivity contribution is 7.99. The number of anilines is 1. The predicted molar refractivity (Wildman–Crippen MR) is 164 cm³/mol. The maximum atomic E-state index is 10.4. The van der Waals surface area contributed by atoms with E-state index in [-0.39, 0.29) is 24.0 Å². The van der Waals surface area contributed by atoms with Crippen LogP contribution in [-0.4, -0.2) is 29.0 Å². The van der Waals surface area contributed by atoms with Crippen molar-refractivity contribution in [3.05, 3.63) is 76.3 Å². The van der Waals surface area contributed by atoms with Gasteiger partial charge in [-0.15, -0.1) is 24.2 Å². The number of thioether (sulfide) groups is 1. The van der Waals surface area contributed by atoms with E-state index < -0.39 is 0 Å². The molecule has 1 heterocycles. The van der Waals surface area contributed by atoms with Crippen LogP contribution in [-0.2, 0) is 12.8 Å². The van der Waals surface area contributed by atoms with Gasteiger partial charge in [0.15, 0.2) is 5.96 Å². The van der Waals surface area contributed by atoms with Crippen molar-refractivity contribution < 1.29 is 14.6 Å². The van der Waals surface area contributed by atoms with Crippen molar-refractivity contribution in [2.24, 2.45) is 5.73 Å². The second-order valence-electron chi connectivity index (χ2n) is 10.3. The molecule has 0 radical (unpaired) electrons. The second kappa shape index (κ2) is 13.4. The number of hydrogen-bond acceptors (Lipinski definition) is 5. The Bertz CT molecular complexity index is 1280. The first-order chi connectivity index (χ1) is 18.1. The first-order valence-electron chi connectivity index (χ1n) is 13.2. The minimum absolute atomic E-state index is 0. The topological polar surface area (TPSA) is 101 Å². The van der Waals surface area contributed by atoms with Crippen molar-refractivity contribution >= 4 is 35.8 Å². The van der Waals surface area contributed by atoms with E-state index in [0.717, 1.165) is 77.3 Å². The highest BCUT2D eigenvalue weighted by Gasteiger charge is 2.34. The number of aryl methyl sites for hydroxylation is 1. The molecular weight excluding hydrogens is 530 g/mol. The van der Waals surface area contributed by atoms with Crippen LogP contribution >= 0.6 is 24.2 Å². The van der Waals surface area contributed by atoms with Gasteiger partial charge < -0.3 is 25.6 Å². The van der Waals surface area contributed by atoms with E-state index in [0.29, 0.717) is 12.4 Å². The molecule has 0 bridgehead atoms. The summed E-state index contributed by atoms with van der Waals surface area (Å²) in [7, 11) is 0. The molecule has 5 N–H and O–H groups in total. The molecule has 0 fully saturated rings. The van der Waals surface area contributed by atoms with Crippen LogP contribution in [0, 0.1) is 26.2 Å². The summed E-state index contributed by atoms with van der Waals surface area (Å²) in [6, 6.07) is 16.4. The van der Waals surface area contributed by atoms with Crippen molar-refractivity contribution in [2.75, 3.05) is 17.7 Å². The van der Waals surface area contributed by atoms with Gasteiger partial charge in [0.1, 0.15) is 22.8 Å². The van der Waals surface area contributed by atoms with Gasteiger partial charge in [0, 0.05) is 22.6 Å². The van der Waals surface area contributed by atoms with Gasteiger partial charge in [-0.1, -0.05) is 12.1 Å². The van der Waals surface area contributed by atoms with Crippen molar-refractivity contribution in [3.63, 3.8) is 0 Å². The highest BCUT2D eigenvalue weighted by Crippen LogP contribution is 2.44. The van der Waals surface area contributed by atoms with E-state index in [1.54, 1.807) is 0 Å². The van der Waals surface area contributed by atoms with Gasteiger partial charge in [0.05, 0.1) is 6.61 Å². The molecule has 6 nitrogen and oxygen atoms in total. The molecule has 0 amide bonds. The average Bonchev–Trinajstić information content (AvgIpc) is 2.90. The third kappa shape index (κ3) is 7.76. The van der Waals surface area contributed by atoms with Gasteiger partial charge in [0.25, 0.3) is 0 Å². The van der Waals surface area contributed by atoms with Crippen LogP contribution in [0.3, 0.4) is 0 Å². The predicted octanol–water partition coefficient (Wildman–Crippen LogP) is 7.32. The Morgan fingerprint density at radius 3 is 2.44 bits per heavy atom. The fourth-order valence-corrected chi connectivity index (χ4v) is 5.72. The van der Waals surface area contributed by atoms with Crippen LogP contribution in [0.15, 0.2) is 53.4 Å². The van der Waals surface area contributed by atoms with Crippen LogP contribution < -0.4 is 20.5 Å². The third-order valence-electron chi connectivity index (χ3n) is 7.43. The largest absolute Gasteiger partial charge is 0.507 e. The summed E-state index contributed by atoms with van der Waals surface area (Å²) < 4.78 is 12.6. The zero-order valence-corrected chi connectivity index (χ0v) is 24.9. The number of nitrogens with two attached hydrogens (primary N) is 1. The number of guanidine groups is 1. The average molecular weight is 570 g/mol. The number of ether oxygens (including phenoxy) is 2. The Hall–Kier alpha value is -3.03. The number of halogens is 1. The van der Waals surface area contributed by atoms with Crippen LogP contribution in [0.2, 0.25) is 0 Å². The maximum Gasteiger partial charge on any atom is 0.190 e. The number of benzene rings is 3. The van der Waals surface area contributed by atoms with Gasteiger partial charge in [-0.2, -0.15) is 0 Å². The fourth-order valence-electron chi connectivity index (χ4n) is 4.86. The van der Waals surface area contributed by atoms with E-state index in [4.69, 9.17) is 20.6 Å². The van der Waals surface area contributed by atoms with Crippen LogP contribution in [0.5, 0.6) is 17.2 Å². The van der Waals surface area contributed by atoms with Crippen molar-refractivity contribution in [1.29, 1.82) is 5.41 Å². The van der Waals surface area contributed by atoms with Crippen LogP contribution in [0.1, 0.15) is 54.0 Å². The first-order valence-corrected chi connectivity index (χ1v) is 14.2. The molecule has 3 aromatic carbocycles. The van der Waals surface area contributed by atoms with Gasteiger partial charge in [-0.3, -0.25) is 5.41 Å². The number of nitrogens with one attached hydrogen (secondary N) is 2. The lowest BCUT2D eigenvalue weighted by molar-refractivity contribution is 0.0411. The molecule has 4 rings (SSSR count). The molecule has 3 aromatic rings. The van der Waals surface area contributed by atoms with Crippen molar-refractivity contribution in [3.8, 4) is 17.2 Å². The molecule has 0 aliphatic carbocycles. The van der Waals surface area contributed by atoms with E-state index >= 15 is 0 Å². The lowest BCUT2D eigenvalue weighted by Gasteiger charge is -2.38. The minimum Gasteiger partial charge on any atom is -0.507 e. The summed E-state index contributed by atoms with van der Waals surface area (Å²) >= 11 is 1.83. The highest BCUT2D eigenvalue weighted by atomic mass is 35.5. The fraction of sp³-hybridized carbons (Fsp3) is 0.387. The third-order valence-corrected chi connectivity index (χ3v) is 8.53. The number of aromatic hydroxyl groups is 1. The zero-order valence-electron chi connectivity index (χ0n) is 23.2. The second-order valence-corrected chi connectivity index (χ2v) is 11.5. The number of hydrogen-bond donors (Lipinski definition) is 4. The molecule has 0 spiro atoms. The summed E-state index contributed by atoms with van der Waals surface area (Å²) in [4.78, 5) is 1.21.